The molecule has 3 rings (SSSR count). The van der Waals surface area contributed by atoms with E-state index in [9.17, 15) is 9.59 Å². The summed E-state index contributed by atoms with van der Waals surface area (Å²) < 4.78 is 5.39. The molecule has 1 saturated carbocycles. The Kier molecular flexibility index (Phi) is 5.56. The number of nitrogens with one attached hydrogen (secondary N) is 2. The summed E-state index contributed by atoms with van der Waals surface area (Å²) >= 11 is 0. The average Bonchev–Trinajstić information content (AvgIpc) is 3.48. The fourth-order valence-corrected chi connectivity index (χ4v) is 2.68. The van der Waals surface area contributed by atoms with Crippen LogP contribution in [0, 0.1) is 5.92 Å². The molecule has 2 aromatic rings. The lowest BCUT2D eigenvalue weighted by atomic mass is 10.1. The molecule has 0 aliphatic heterocycles. The first-order chi connectivity index (χ1) is 12.6. The van der Waals surface area contributed by atoms with Gasteiger partial charge in [0.25, 0.3) is 5.91 Å². The van der Waals surface area contributed by atoms with Gasteiger partial charge in [0.2, 0.25) is 5.91 Å². The summed E-state index contributed by atoms with van der Waals surface area (Å²) in [6.07, 6.45) is 1.97. The van der Waals surface area contributed by atoms with Crippen LogP contribution in [0.5, 0.6) is 5.75 Å². The standard InChI is InChI=1S/C21H24N2O3/c1-3-26-19-12-8-17(9-13-19)20(24)22-14(2)15-6-10-18(11-7-15)23-21(25)16-4-5-16/h6-14,16H,3-5H2,1-2H3,(H,22,24)(H,23,25). The van der Waals surface area contributed by atoms with Crippen LogP contribution in [0.25, 0.3) is 0 Å². The highest BCUT2D eigenvalue weighted by Crippen LogP contribution is 2.30. The van der Waals surface area contributed by atoms with Crippen LogP contribution in [0.15, 0.2) is 48.5 Å². The number of ether oxygens (including phenoxy) is 1. The summed E-state index contributed by atoms with van der Waals surface area (Å²) in [5.74, 6) is 0.893. The van der Waals surface area contributed by atoms with Crippen molar-refractivity contribution < 1.29 is 14.3 Å². The van der Waals surface area contributed by atoms with Gasteiger partial charge in [-0.3, -0.25) is 9.59 Å². The van der Waals surface area contributed by atoms with Crippen LogP contribution in [0.4, 0.5) is 5.69 Å². The largest absolute Gasteiger partial charge is 0.494 e. The van der Waals surface area contributed by atoms with Gasteiger partial charge in [-0.1, -0.05) is 12.1 Å². The highest BCUT2D eigenvalue weighted by Gasteiger charge is 2.29. The van der Waals surface area contributed by atoms with Gasteiger partial charge < -0.3 is 15.4 Å². The van der Waals surface area contributed by atoms with E-state index in [2.05, 4.69) is 10.6 Å². The number of carbonyl (C=O) groups excluding carboxylic acids is 2. The maximum atomic E-state index is 12.4. The first kappa shape index (κ1) is 18.0. The highest BCUT2D eigenvalue weighted by atomic mass is 16.5. The molecular weight excluding hydrogens is 328 g/mol. The van der Waals surface area contributed by atoms with Crippen LogP contribution in [0.3, 0.4) is 0 Å². The SMILES string of the molecule is CCOc1ccc(C(=O)NC(C)c2ccc(NC(=O)C3CC3)cc2)cc1. The lowest BCUT2D eigenvalue weighted by Gasteiger charge is -2.15. The lowest BCUT2D eigenvalue weighted by molar-refractivity contribution is -0.117. The quantitative estimate of drug-likeness (QED) is 0.793. The topological polar surface area (TPSA) is 67.4 Å². The first-order valence-electron chi connectivity index (χ1n) is 9.01. The first-order valence-corrected chi connectivity index (χ1v) is 9.01. The van der Waals surface area contributed by atoms with Crippen molar-refractivity contribution in [3.05, 3.63) is 59.7 Å². The molecule has 0 spiro atoms. The minimum absolute atomic E-state index is 0.0922. The molecule has 1 aliphatic carbocycles. The van der Waals surface area contributed by atoms with E-state index in [0.717, 1.165) is 29.8 Å². The fourth-order valence-electron chi connectivity index (χ4n) is 2.68. The second kappa shape index (κ2) is 8.04. The molecular formula is C21H24N2O3. The fraction of sp³-hybridized carbons (Fsp3) is 0.333. The van der Waals surface area contributed by atoms with Crippen molar-refractivity contribution in [2.45, 2.75) is 32.7 Å². The van der Waals surface area contributed by atoms with Crippen LogP contribution >= 0.6 is 0 Å². The van der Waals surface area contributed by atoms with Crippen molar-refractivity contribution in [2.24, 2.45) is 5.92 Å². The van der Waals surface area contributed by atoms with E-state index in [4.69, 9.17) is 4.74 Å². The number of amides is 2. The molecule has 0 heterocycles. The number of hydrogen-bond acceptors (Lipinski definition) is 3. The molecule has 26 heavy (non-hydrogen) atoms. The number of carbonyl (C=O) groups is 2. The van der Waals surface area contributed by atoms with Gasteiger partial charge >= 0.3 is 0 Å². The van der Waals surface area contributed by atoms with E-state index in [-0.39, 0.29) is 23.8 Å². The van der Waals surface area contributed by atoms with Gasteiger partial charge in [0.15, 0.2) is 0 Å². The second-order valence-corrected chi connectivity index (χ2v) is 6.54. The maximum absolute atomic E-state index is 12.4. The second-order valence-electron chi connectivity index (χ2n) is 6.54. The van der Waals surface area contributed by atoms with Crippen LogP contribution in [0.1, 0.15) is 48.7 Å². The van der Waals surface area contributed by atoms with E-state index >= 15 is 0 Å². The van der Waals surface area contributed by atoms with Crippen molar-refractivity contribution in [1.29, 1.82) is 0 Å². The number of rotatable bonds is 7. The molecule has 0 aromatic heterocycles. The molecule has 1 aliphatic rings. The number of hydrogen-bond donors (Lipinski definition) is 2. The third-order valence-corrected chi connectivity index (χ3v) is 4.40. The molecule has 1 atom stereocenters. The molecule has 1 fully saturated rings. The predicted molar refractivity (Wildman–Crippen MR) is 101 cm³/mol. The molecule has 2 N–H and O–H groups in total. The zero-order valence-electron chi connectivity index (χ0n) is 15.1. The van der Waals surface area contributed by atoms with Crippen molar-refractivity contribution in [1.82, 2.24) is 5.32 Å². The van der Waals surface area contributed by atoms with Gasteiger partial charge in [0.1, 0.15) is 5.75 Å². The van der Waals surface area contributed by atoms with E-state index in [0.29, 0.717) is 12.2 Å². The predicted octanol–water partition coefficient (Wildman–Crippen LogP) is 3.92. The van der Waals surface area contributed by atoms with Crippen molar-refractivity contribution in [3.8, 4) is 5.75 Å². The van der Waals surface area contributed by atoms with Gasteiger partial charge in [-0.15, -0.1) is 0 Å². The number of anilines is 1. The van der Waals surface area contributed by atoms with E-state index < -0.39 is 0 Å². The summed E-state index contributed by atoms with van der Waals surface area (Å²) in [6.45, 7) is 4.45. The molecule has 136 valence electrons. The molecule has 5 heteroatoms. The summed E-state index contributed by atoms with van der Waals surface area (Å²) in [4.78, 5) is 24.2. The highest BCUT2D eigenvalue weighted by molar-refractivity contribution is 5.95. The zero-order chi connectivity index (χ0) is 18.5. The summed E-state index contributed by atoms with van der Waals surface area (Å²) in [7, 11) is 0. The number of benzene rings is 2. The van der Waals surface area contributed by atoms with E-state index in [1.807, 2.05) is 38.1 Å². The van der Waals surface area contributed by atoms with Crippen LogP contribution in [-0.2, 0) is 4.79 Å². The Bertz CT molecular complexity index is 765. The van der Waals surface area contributed by atoms with E-state index in [1.54, 1.807) is 24.3 Å². The van der Waals surface area contributed by atoms with Crippen LogP contribution < -0.4 is 15.4 Å². The zero-order valence-corrected chi connectivity index (χ0v) is 15.1. The van der Waals surface area contributed by atoms with Crippen LogP contribution in [0.2, 0.25) is 0 Å². The van der Waals surface area contributed by atoms with Gasteiger partial charge in [0, 0.05) is 17.2 Å². The molecule has 2 amide bonds. The molecule has 1 unspecified atom stereocenters. The molecule has 0 bridgehead atoms. The summed E-state index contributed by atoms with van der Waals surface area (Å²) in [5.41, 5.74) is 2.36. The molecule has 5 nitrogen and oxygen atoms in total. The minimum atomic E-state index is -0.137. The van der Waals surface area contributed by atoms with Crippen molar-refractivity contribution in [2.75, 3.05) is 11.9 Å². The van der Waals surface area contributed by atoms with Crippen molar-refractivity contribution >= 4 is 17.5 Å². The third kappa shape index (κ3) is 4.63. The Morgan fingerprint density at radius 1 is 1.08 bits per heavy atom. The molecule has 0 saturated heterocycles. The van der Waals surface area contributed by atoms with Gasteiger partial charge in [-0.2, -0.15) is 0 Å². The third-order valence-electron chi connectivity index (χ3n) is 4.40. The van der Waals surface area contributed by atoms with Gasteiger partial charge in [0.05, 0.1) is 12.6 Å². The van der Waals surface area contributed by atoms with Gasteiger partial charge in [-0.25, -0.2) is 0 Å². The maximum Gasteiger partial charge on any atom is 0.251 e. The summed E-state index contributed by atoms with van der Waals surface area (Å²) in [5, 5.41) is 5.90. The Balaban J connectivity index is 1.57. The lowest BCUT2D eigenvalue weighted by Crippen LogP contribution is -2.26. The monoisotopic (exact) mass is 352 g/mol. The molecule has 0 radical (unpaired) electrons. The Labute approximate surface area is 153 Å². The Morgan fingerprint density at radius 2 is 1.73 bits per heavy atom. The van der Waals surface area contributed by atoms with E-state index in [1.165, 1.54) is 0 Å². The molecule has 2 aromatic carbocycles. The minimum Gasteiger partial charge on any atom is -0.494 e. The average molecular weight is 352 g/mol. The van der Waals surface area contributed by atoms with Crippen molar-refractivity contribution in [3.63, 3.8) is 0 Å². The normalized spacial score (nSPS) is 14.4. The Hall–Kier alpha value is -2.82. The smallest absolute Gasteiger partial charge is 0.251 e. The summed E-state index contributed by atoms with van der Waals surface area (Å²) in [6, 6.07) is 14.5. The Morgan fingerprint density at radius 3 is 2.31 bits per heavy atom. The van der Waals surface area contributed by atoms with Gasteiger partial charge in [-0.05, 0) is 68.7 Å². The van der Waals surface area contributed by atoms with Crippen LogP contribution in [-0.4, -0.2) is 18.4 Å².